The summed E-state index contributed by atoms with van der Waals surface area (Å²) in [5.41, 5.74) is 9.76. The molecule has 0 atom stereocenters. The predicted molar refractivity (Wildman–Crippen MR) is 226 cm³/mol. The Balaban J connectivity index is 1.53. The number of hydrogen-bond donors (Lipinski definition) is 2. The van der Waals surface area contributed by atoms with Crippen LogP contribution < -0.4 is 10.9 Å². The summed E-state index contributed by atoms with van der Waals surface area (Å²) in [4.78, 5) is 18.5. The van der Waals surface area contributed by atoms with Gasteiger partial charge in [0, 0.05) is 44.1 Å². The number of aromatic nitrogens is 4. The molecule has 2 saturated heterocycles. The molecular weight excluding hydrogens is 670 g/mol. The molecule has 7 heterocycles. The van der Waals surface area contributed by atoms with Crippen LogP contribution in [0.1, 0.15) is 155 Å². The van der Waals surface area contributed by atoms with Crippen molar-refractivity contribution in [2.24, 2.45) is 0 Å². The Labute approximate surface area is 323 Å². The molecule has 0 aliphatic carbocycles. The van der Waals surface area contributed by atoms with E-state index >= 15 is 0 Å². The van der Waals surface area contributed by atoms with Crippen molar-refractivity contribution in [3.05, 3.63) is 58.2 Å². The van der Waals surface area contributed by atoms with Crippen LogP contribution in [0.4, 0.5) is 0 Å². The normalized spacial score (nSPS) is 19.4. The topological polar surface area (TPSA) is 94.3 Å². The van der Waals surface area contributed by atoms with Crippen molar-refractivity contribution in [3.8, 4) is 0 Å². The smallest absolute Gasteiger partial charge is 0.399 e. The first-order valence-corrected chi connectivity index (χ1v) is 20.5. The average Bonchev–Trinajstić information content (AvgIpc) is 3.95. The zero-order chi connectivity index (χ0) is 38.5. The largest absolute Gasteiger partial charge is 0.499 e. The van der Waals surface area contributed by atoms with E-state index in [9.17, 15) is 0 Å². The molecule has 10 heteroatoms. The number of H-pyrrole nitrogens is 2. The lowest BCUT2D eigenvalue weighted by atomic mass is 9.76. The highest BCUT2D eigenvalue weighted by Gasteiger charge is 2.54. The lowest BCUT2D eigenvalue weighted by Crippen LogP contribution is -2.41. The minimum atomic E-state index is -0.619. The molecule has 0 saturated carbocycles. The van der Waals surface area contributed by atoms with E-state index in [2.05, 4.69) is 128 Å². The Morgan fingerprint density at radius 1 is 0.463 bits per heavy atom. The van der Waals surface area contributed by atoms with E-state index in [1.54, 1.807) is 0 Å². The highest BCUT2D eigenvalue weighted by atomic mass is 16.7. The van der Waals surface area contributed by atoms with Crippen LogP contribution in [0, 0.1) is 0 Å². The Bertz CT molecular complexity index is 1970. The monoisotopic (exact) mass is 730 g/mol. The molecule has 0 unspecified atom stereocenters. The van der Waals surface area contributed by atoms with Gasteiger partial charge in [-0.25, -0.2) is 9.97 Å². The summed E-state index contributed by atoms with van der Waals surface area (Å²) in [5.74, 6) is 0. The van der Waals surface area contributed by atoms with Gasteiger partial charge < -0.3 is 28.6 Å². The van der Waals surface area contributed by atoms with E-state index in [1.165, 1.54) is 49.7 Å². The van der Waals surface area contributed by atoms with Crippen LogP contribution in [0.5, 0.6) is 0 Å². The molecule has 286 valence electrons. The van der Waals surface area contributed by atoms with Crippen molar-refractivity contribution >= 4 is 71.5 Å². The van der Waals surface area contributed by atoms with Crippen LogP contribution in [-0.4, -0.2) is 56.6 Å². The van der Waals surface area contributed by atoms with Crippen molar-refractivity contribution < 1.29 is 18.6 Å². The van der Waals surface area contributed by atoms with Gasteiger partial charge in [-0.1, -0.05) is 52.4 Å². The summed E-state index contributed by atoms with van der Waals surface area (Å²) in [6.45, 7) is 21.3. The van der Waals surface area contributed by atoms with Gasteiger partial charge in [0.15, 0.2) is 0 Å². The summed E-state index contributed by atoms with van der Waals surface area (Å²) in [6.07, 6.45) is 19.6. The van der Waals surface area contributed by atoms with Crippen LogP contribution in [0.15, 0.2) is 24.3 Å². The van der Waals surface area contributed by atoms with Crippen molar-refractivity contribution in [2.45, 2.75) is 156 Å². The maximum atomic E-state index is 6.75. The number of nitrogens with one attached hydrogen (secondary N) is 2. The van der Waals surface area contributed by atoms with Gasteiger partial charge in [0.05, 0.1) is 45.2 Å². The van der Waals surface area contributed by atoms with Crippen molar-refractivity contribution in [1.29, 1.82) is 0 Å². The molecule has 3 aromatic heterocycles. The lowest BCUT2D eigenvalue weighted by molar-refractivity contribution is 0.00578. The van der Waals surface area contributed by atoms with Crippen molar-refractivity contribution in [2.75, 3.05) is 0 Å². The fourth-order valence-electron chi connectivity index (χ4n) is 7.77. The number of hydrogen-bond acceptors (Lipinski definition) is 6. The van der Waals surface area contributed by atoms with Crippen LogP contribution in [0.3, 0.4) is 0 Å². The minimum absolute atomic E-state index is 0.492. The first-order valence-electron chi connectivity index (χ1n) is 20.5. The Hall–Kier alpha value is -3.43. The molecule has 54 heavy (non-hydrogen) atoms. The number of rotatable bonds is 12. The number of aryl methyl sites for hydroxylation is 2. The Kier molecular flexibility index (Phi) is 10.7. The summed E-state index contributed by atoms with van der Waals surface area (Å²) >= 11 is 0. The van der Waals surface area contributed by atoms with Gasteiger partial charge in [0.2, 0.25) is 0 Å². The number of unbranched alkanes of at least 4 members (excludes halogenated alkanes) is 6. The molecular formula is C44H60B2N4O4. The van der Waals surface area contributed by atoms with Gasteiger partial charge in [-0.15, -0.1) is 0 Å². The third kappa shape index (κ3) is 7.32. The third-order valence-electron chi connectivity index (χ3n) is 12.6. The molecule has 0 spiro atoms. The van der Waals surface area contributed by atoms with Gasteiger partial charge in [-0.3, -0.25) is 0 Å². The second-order valence-electron chi connectivity index (χ2n) is 17.6. The van der Waals surface area contributed by atoms with E-state index < -0.39 is 36.6 Å². The molecule has 7 rings (SSSR count). The Morgan fingerprint density at radius 2 is 0.815 bits per heavy atom. The predicted octanol–water partition coefficient (Wildman–Crippen LogP) is 9.50. The summed E-state index contributed by atoms with van der Waals surface area (Å²) in [7, 11) is -1.19. The summed E-state index contributed by atoms with van der Waals surface area (Å²) in [5, 5.41) is 0. The molecule has 0 aromatic carbocycles. The lowest BCUT2D eigenvalue weighted by Gasteiger charge is -2.32. The van der Waals surface area contributed by atoms with Crippen LogP contribution in [0.2, 0.25) is 0 Å². The molecule has 8 bridgehead atoms. The molecule has 0 radical (unpaired) electrons. The van der Waals surface area contributed by atoms with E-state index in [-0.39, 0.29) is 0 Å². The number of fused-ring (bicyclic) bond motifs is 8. The maximum Gasteiger partial charge on any atom is 0.499 e. The minimum Gasteiger partial charge on any atom is -0.399 e. The van der Waals surface area contributed by atoms with Crippen LogP contribution in [-0.2, 0) is 31.5 Å². The van der Waals surface area contributed by atoms with Gasteiger partial charge >= 0.3 is 14.2 Å². The van der Waals surface area contributed by atoms with Crippen LogP contribution in [0.25, 0.3) is 46.4 Å². The van der Waals surface area contributed by atoms with Crippen LogP contribution >= 0.6 is 0 Å². The number of aromatic amines is 2. The quantitative estimate of drug-likeness (QED) is 0.0982. The molecule has 2 fully saturated rings. The first-order chi connectivity index (χ1) is 25.6. The molecule has 0 amide bonds. The zero-order valence-electron chi connectivity index (χ0n) is 34.4. The summed E-state index contributed by atoms with van der Waals surface area (Å²) in [6, 6.07) is 8.74. The van der Waals surface area contributed by atoms with E-state index in [4.69, 9.17) is 28.6 Å². The molecule has 3 aromatic rings. The van der Waals surface area contributed by atoms with Gasteiger partial charge in [0.1, 0.15) is 0 Å². The summed E-state index contributed by atoms with van der Waals surface area (Å²) < 4.78 is 27.0. The third-order valence-corrected chi connectivity index (χ3v) is 12.6. The van der Waals surface area contributed by atoms with E-state index in [1.807, 2.05) is 0 Å². The molecule has 8 nitrogen and oxygen atoms in total. The molecule has 4 aliphatic heterocycles. The first kappa shape index (κ1) is 38.8. The standard InChI is InChI=1S/C44H60B2N4O4/c1-11-13-15-17-19-29-31-21-25-35(47-31)39(45-51-41(3,4)42(5,6)52-45)37-27-23-33(49-37)30(20-18-16-14-12-2)34-24-28-38(50-34)40(36-26-22-32(29)48-36)46-53-43(7,8)44(9,10)54-46/h21-28,47,49H,11-20H2,1-10H3. The zero-order valence-corrected chi connectivity index (χ0v) is 34.4. The van der Waals surface area contributed by atoms with Gasteiger partial charge in [-0.2, -0.15) is 0 Å². The highest BCUT2D eigenvalue weighted by molar-refractivity contribution is 6.66. The fourth-order valence-corrected chi connectivity index (χ4v) is 7.77. The number of nitrogens with zero attached hydrogens (tertiary/aromatic N) is 2. The maximum absolute atomic E-state index is 6.75. The van der Waals surface area contributed by atoms with Crippen molar-refractivity contribution in [3.63, 3.8) is 0 Å². The second kappa shape index (κ2) is 14.9. The van der Waals surface area contributed by atoms with E-state index in [0.29, 0.717) is 0 Å². The van der Waals surface area contributed by atoms with Gasteiger partial charge in [-0.05, 0) is 130 Å². The Morgan fingerprint density at radius 3 is 1.20 bits per heavy atom. The molecule has 4 aliphatic rings. The molecule has 2 N–H and O–H groups in total. The second-order valence-corrected chi connectivity index (χ2v) is 17.6. The van der Waals surface area contributed by atoms with Gasteiger partial charge in [0.25, 0.3) is 0 Å². The fraction of sp³-hybridized carbons (Fsp3) is 0.545. The van der Waals surface area contributed by atoms with E-state index in [0.717, 1.165) is 81.5 Å². The average molecular weight is 731 g/mol. The SMILES string of the molecule is CCCCCCc1c2nc(c(B3OC(C)(C)C(C)(C)O3)c3nc(c(CCCCCC)c4ccc([nH]4)c(B4OC(C)(C)C(C)(C)O4)c4ccc1[nH]4)C=C3)C=C2. The highest BCUT2D eigenvalue weighted by Crippen LogP contribution is 2.39. The van der Waals surface area contributed by atoms with Crippen molar-refractivity contribution in [1.82, 2.24) is 19.9 Å².